The summed E-state index contributed by atoms with van der Waals surface area (Å²) in [6, 6.07) is 8.60. The summed E-state index contributed by atoms with van der Waals surface area (Å²) in [5, 5.41) is 0. The monoisotopic (exact) mass is 186 g/mol. The van der Waals surface area contributed by atoms with Gasteiger partial charge in [-0.1, -0.05) is 0 Å². The molecule has 0 amide bonds. The molecule has 1 aliphatic heterocycles. The third-order valence-corrected chi connectivity index (χ3v) is 3.69. The van der Waals surface area contributed by atoms with Crippen LogP contribution in [0.1, 0.15) is 12.5 Å². The Hall–Kier alpha value is 0.127. The van der Waals surface area contributed by atoms with Gasteiger partial charge < -0.3 is 0 Å². The molecule has 0 spiro atoms. The second kappa shape index (κ2) is 3.71. The molecular formula is C10H11LiOS. The average Bonchev–Trinajstić information content (AvgIpc) is 2.54. The van der Waals surface area contributed by atoms with Crippen molar-refractivity contribution in [1.29, 1.82) is 0 Å². The molecule has 1 heterocycles. The predicted octanol–water partition coefficient (Wildman–Crippen LogP) is 1.42. The van der Waals surface area contributed by atoms with E-state index in [-0.39, 0.29) is 4.93 Å². The molecule has 64 valence electrons. The van der Waals surface area contributed by atoms with E-state index in [1.165, 1.54) is 9.80 Å². The van der Waals surface area contributed by atoms with Crippen LogP contribution in [0.3, 0.4) is 0 Å². The average molecular weight is 186 g/mol. The number of rotatable bonds is 1. The fourth-order valence-electron chi connectivity index (χ4n) is 1.54. The molecule has 1 aromatic rings. The zero-order valence-corrected chi connectivity index (χ0v) is 8.86. The Morgan fingerprint density at radius 2 is 2.08 bits per heavy atom. The molecule has 1 unspecified atom stereocenters. The van der Waals surface area contributed by atoms with Gasteiger partial charge in [-0.3, -0.25) is 0 Å². The fraction of sp³-hybridized carbons (Fsp3) is 0.400. The van der Waals surface area contributed by atoms with Gasteiger partial charge in [-0.25, -0.2) is 0 Å². The second-order valence-electron chi connectivity index (χ2n) is 3.51. The molecule has 3 heteroatoms. The van der Waals surface area contributed by atoms with Gasteiger partial charge in [-0.15, -0.1) is 0 Å². The third kappa shape index (κ3) is 1.97. The van der Waals surface area contributed by atoms with Crippen LogP contribution in [0.2, 0.25) is 0 Å². The van der Waals surface area contributed by atoms with Gasteiger partial charge >= 0.3 is 92.5 Å². The van der Waals surface area contributed by atoms with Gasteiger partial charge in [0.1, 0.15) is 0 Å². The van der Waals surface area contributed by atoms with Gasteiger partial charge in [0.25, 0.3) is 0 Å². The minimum atomic E-state index is -0.103. The normalized spacial score (nSPS) is 27.9. The fourth-order valence-corrected chi connectivity index (χ4v) is 2.56. The number of hydrogen-bond acceptors (Lipinski definition) is 2. The molecule has 2 rings (SSSR count). The summed E-state index contributed by atoms with van der Waals surface area (Å²) in [5.41, 5.74) is 1.28. The zero-order valence-electron chi connectivity index (χ0n) is 8.04. The van der Waals surface area contributed by atoms with Crippen LogP contribution in [0.15, 0.2) is 24.3 Å². The maximum absolute atomic E-state index is 5.73. The molecule has 1 aliphatic rings. The van der Waals surface area contributed by atoms with Crippen LogP contribution in [0.25, 0.3) is 0 Å². The Balaban J connectivity index is 2.29. The van der Waals surface area contributed by atoms with Crippen molar-refractivity contribution in [3.8, 4) is 0 Å². The first-order valence-corrected chi connectivity index (χ1v) is 5.54. The summed E-state index contributed by atoms with van der Waals surface area (Å²) in [7, 11) is 0. The van der Waals surface area contributed by atoms with Crippen LogP contribution in [0, 0.1) is 0 Å². The third-order valence-electron chi connectivity index (χ3n) is 2.41. The van der Waals surface area contributed by atoms with Gasteiger partial charge in [-0.05, 0) is 0 Å². The summed E-state index contributed by atoms with van der Waals surface area (Å²) in [6.07, 6.45) is 0. The van der Waals surface area contributed by atoms with Crippen molar-refractivity contribution in [3.63, 3.8) is 0 Å². The summed E-state index contributed by atoms with van der Waals surface area (Å²) in [6.45, 7) is 3.02. The number of thioether (sulfide) groups is 1. The Morgan fingerprint density at radius 3 is 2.62 bits per heavy atom. The Bertz CT molecular complexity index is 290. The van der Waals surface area contributed by atoms with Crippen molar-refractivity contribution < 1.29 is 4.74 Å². The topological polar surface area (TPSA) is 9.23 Å². The van der Waals surface area contributed by atoms with Crippen LogP contribution in [-0.2, 0) is 9.67 Å². The van der Waals surface area contributed by atoms with Gasteiger partial charge in [-0.2, -0.15) is 0 Å². The molecule has 0 N–H and O–H groups in total. The molecule has 1 atom stereocenters. The molecule has 0 aromatic heterocycles. The standard InChI is InChI=1S/C10H11OS.Li/c1-10(11-7-8-12-10)9-5-3-2-4-6-9;/h3-6H,7-8H2,1H3;. The van der Waals surface area contributed by atoms with Crippen molar-refractivity contribution in [2.24, 2.45) is 0 Å². The minimum absolute atomic E-state index is 0.103. The molecule has 0 radical (unpaired) electrons. The van der Waals surface area contributed by atoms with E-state index >= 15 is 0 Å². The van der Waals surface area contributed by atoms with Crippen molar-refractivity contribution >= 4 is 33.7 Å². The van der Waals surface area contributed by atoms with Gasteiger partial charge in [0, 0.05) is 0 Å². The van der Waals surface area contributed by atoms with E-state index in [1.54, 1.807) is 0 Å². The molecule has 0 saturated carbocycles. The summed E-state index contributed by atoms with van der Waals surface area (Å²) < 4.78 is 7.03. The van der Waals surface area contributed by atoms with Crippen LogP contribution in [0.5, 0.6) is 0 Å². The summed E-state index contributed by atoms with van der Waals surface area (Å²) in [5.74, 6) is 1.10. The Kier molecular flexibility index (Phi) is 2.76. The predicted molar refractivity (Wildman–Crippen MR) is 57.6 cm³/mol. The molecule has 13 heavy (non-hydrogen) atoms. The van der Waals surface area contributed by atoms with E-state index in [0.29, 0.717) is 0 Å². The zero-order chi connectivity index (χ0) is 9.31. The summed E-state index contributed by atoms with van der Waals surface area (Å²) in [4.78, 5) is -0.103. The van der Waals surface area contributed by atoms with E-state index < -0.39 is 0 Å². The van der Waals surface area contributed by atoms with Gasteiger partial charge in [0.15, 0.2) is 0 Å². The van der Waals surface area contributed by atoms with Crippen molar-refractivity contribution in [1.82, 2.24) is 0 Å². The number of hydrogen-bond donors (Lipinski definition) is 0. The van der Waals surface area contributed by atoms with Crippen LogP contribution in [0.4, 0.5) is 0 Å². The summed E-state index contributed by atoms with van der Waals surface area (Å²) >= 11 is 3.99. The molecular weight excluding hydrogens is 175 g/mol. The first-order valence-electron chi connectivity index (χ1n) is 4.56. The molecule has 0 bridgehead atoms. The Morgan fingerprint density at radius 1 is 1.38 bits per heavy atom. The van der Waals surface area contributed by atoms with Crippen molar-refractivity contribution in [2.45, 2.75) is 11.9 Å². The molecule has 1 aromatic carbocycles. The van der Waals surface area contributed by atoms with Crippen LogP contribution >= 0.6 is 11.8 Å². The molecule has 0 aliphatic carbocycles. The first-order chi connectivity index (χ1) is 6.21. The molecule has 1 nitrogen and oxygen atoms in total. The van der Waals surface area contributed by atoms with Crippen LogP contribution in [-0.4, -0.2) is 30.1 Å². The van der Waals surface area contributed by atoms with Crippen LogP contribution < -0.4 is 4.24 Å². The SMILES string of the molecule is [Li][c]1ccc(C2(C)OCCS2)cc1. The van der Waals surface area contributed by atoms with E-state index in [9.17, 15) is 0 Å². The van der Waals surface area contributed by atoms with E-state index in [0.717, 1.165) is 12.4 Å². The Labute approximate surface area is 92.4 Å². The second-order valence-corrected chi connectivity index (χ2v) is 4.98. The molecule has 1 fully saturated rings. The number of ether oxygens (including phenoxy) is 1. The van der Waals surface area contributed by atoms with Crippen molar-refractivity contribution in [3.05, 3.63) is 29.8 Å². The molecule has 1 saturated heterocycles. The van der Waals surface area contributed by atoms with E-state index in [2.05, 4.69) is 48.9 Å². The first kappa shape index (κ1) is 9.67. The van der Waals surface area contributed by atoms with Crippen molar-refractivity contribution in [2.75, 3.05) is 12.4 Å². The number of benzene rings is 1. The quantitative estimate of drug-likeness (QED) is 0.613. The van der Waals surface area contributed by atoms with E-state index in [4.69, 9.17) is 4.74 Å². The van der Waals surface area contributed by atoms with E-state index in [1.807, 2.05) is 11.8 Å². The van der Waals surface area contributed by atoms with Gasteiger partial charge in [0.05, 0.1) is 0 Å². The van der Waals surface area contributed by atoms with Gasteiger partial charge in [0.2, 0.25) is 0 Å². The maximum atomic E-state index is 5.73.